The highest BCUT2D eigenvalue weighted by molar-refractivity contribution is 6.01. The molecule has 0 atom stereocenters. The molecular formula is C15H14FNO. The Bertz CT molecular complexity index is 576. The highest BCUT2D eigenvalue weighted by atomic mass is 19.1. The number of nitrogens with two attached hydrogens (primary N) is 1. The van der Waals surface area contributed by atoms with E-state index in [0.29, 0.717) is 5.69 Å². The molecule has 0 heterocycles. The summed E-state index contributed by atoms with van der Waals surface area (Å²) < 4.78 is 13.1. The average Bonchev–Trinajstić information content (AvgIpc) is 2.35. The Kier molecular flexibility index (Phi) is 3.42. The zero-order chi connectivity index (χ0) is 13.1. The summed E-state index contributed by atoms with van der Waals surface area (Å²) in [4.78, 5) is 12.0. The fourth-order valence-electron chi connectivity index (χ4n) is 1.76. The third-order valence-electron chi connectivity index (χ3n) is 2.80. The van der Waals surface area contributed by atoms with Crippen LogP contribution in [0.1, 0.15) is 21.5 Å². The SMILES string of the molecule is Cc1ccc(CC(=O)c2cc(F)ccc2N)cc1. The van der Waals surface area contributed by atoms with E-state index in [-0.39, 0.29) is 17.8 Å². The van der Waals surface area contributed by atoms with Crippen molar-refractivity contribution in [3.05, 3.63) is 65.0 Å². The van der Waals surface area contributed by atoms with Crippen molar-refractivity contribution in [1.82, 2.24) is 0 Å². The van der Waals surface area contributed by atoms with E-state index in [0.717, 1.165) is 11.1 Å². The maximum absolute atomic E-state index is 13.1. The van der Waals surface area contributed by atoms with Crippen LogP contribution < -0.4 is 5.73 Å². The van der Waals surface area contributed by atoms with Crippen LogP contribution in [-0.2, 0) is 6.42 Å². The van der Waals surface area contributed by atoms with E-state index in [2.05, 4.69) is 0 Å². The molecule has 0 aliphatic heterocycles. The van der Waals surface area contributed by atoms with Crippen LogP contribution in [0.3, 0.4) is 0 Å². The van der Waals surface area contributed by atoms with Crippen molar-refractivity contribution in [1.29, 1.82) is 0 Å². The van der Waals surface area contributed by atoms with Crippen LogP contribution in [0.5, 0.6) is 0 Å². The Morgan fingerprint density at radius 3 is 2.50 bits per heavy atom. The largest absolute Gasteiger partial charge is 0.398 e. The van der Waals surface area contributed by atoms with Crippen molar-refractivity contribution in [3.63, 3.8) is 0 Å². The fraction of sp³-hybridized carbons (Fsp3) is 0.133. The molecule has 0 radical (unpaired) electrons. The smallest absolute Gasteiger partial charge is 0.169 e. The highest BCUT2D eigenvalue weighted by Gasteiger charge is 2.11. The maximum atomic E-state index is 13.1. The number of halogens is 1. The average molecular weight is 243 g/mol. The van der Waals surface area contributed by atoms with Gasteiger partial charge in [0.2, 0.25) is 0 Å². The van der Waals surface area contributed by atoms with Crippen LogP contribution in [0, 0.1) is 12.7 Å². The van der Waals surface area contributed by atoms with Gasteiger partial charge < -0.3 is 5.73 Å². The zero-order valence-corrected chi connectivity index (χ0v) is 10.1. The Hall–Kier alpha value is -2.16. The van der Waals surface area contributed by atoms with Gasteiger partial charge in [0.15, 0.2) is 5.78 Å². The topological polar surface area (TPSA) is 43.1 Å². The lowest BCUT2D eigenvalue weighted by atomic mass is 10.0. The van der Waals surface area contributed by atoms with Crippen LogP contribution >= 0.6 is 0 Å². The number of carbonyl (C=O) groups excluding carboxylic acids is 1. The molecule has 2 nitrogen and oxygen atoms in total. The van der Waals surface area contributed by atoms with E-state index >= 15 is 0 Å². The summed E-state index contributed by atoms with van der Waals surface area (Å²) in [6.07, 6.45) is 0.230. The first-order valence-corrected chi connectivity index (χ1v) is 5.70. The van der Waals surface area contributed by atoms with E-state index in [1.165, 1.54) is 18.2 Å². The predicted molar refractivity (Wildman–Crippen MR) is 70.0 cm³/mol. The van der Waals surface area contributed by atoms with E-state index in [1.54, 1.807) is 0 Å². The second-order valence-corrected chi connectivity index (χ2v) is 4.32. The van der Waals surface area contributed by atoms with Crippen molar-refractivity contribution < 1.29 is 9.18 Å². The van der Waals surface area contributed by atoms with E-state index in [9.17, 15) is 9.18 Å². The Morgan fingerprint density at radius 2 is 1.83 bits per heavy atom. The molecule has 0 aromatic heterocycles. The standard InChI is InChI=1S/C15H14FNO/c1-10-2-4-11(5-3-10)8-15(18)13-9-12(16)6-7-14(13)17/h2-7,9H,8,17H2,1H3. The minimum atomic E-state index is -0.448. The maximum Gasteiger partial charge on any atom is 0.169 e. The van der Waals surface area contributed by atoms with Gasteiger partial charge in [0.25, 0.3) is 0 Å². The third kappa shape index (κ3) is 2.74. The summed E-state index contributed by atoms with van der Waals surface area (Å²) in [5.74, 6) is -0.618. The van der Waals surface area contributed by atoms with E-state index in [1.807, 2.05) is 31.2 Å². The van der Waals surface area contributed by atoms with Gasteiger partial charge in [-0.3, -0.25) is 4.79 Å². The van der Waals surface area contributed by atoms with Gasteiger partial charge in [0, 0.05) is 17.7 Å². The quantitative estimate of drug-likeness (QED) is 0.664. The van der Waals surface area contributed by atoms with E-state index in [4.69, 9.17) is 5.73 Å². The molecule has 3 heteroatoms. The monoisotopic (exact) mass is 243 g/mol. The lowest BCUT2D eigenvalue weighted by Crippen LogP contribution is -2.07. The number of hydrogen-bond donors (Lipinski definition) is 1. The molecule has 0 saturated carbocycles. The molecule has 92 valence electrons. The molecule has 18 heavy (non-hydrogen) atoms. The van der Waals surface area contributed by atoms with Gasteiger partial charge in [-0.2, -0.15) is 0 Å². The minimum absolute atomic E-state index is 0.171. The number of hydrogen-bond acceptors (Lipinski definition) is 2. The number of Topliss-reactive ketones (excluding diaryl/α,β-unsaturated/α-hetero) is 1. The summed E-state index contributed by atoms with van der Waals surface area (Å²) in [7, 11) is 0. The van der Waals surface area contributed by atoms with Crippen LogP contribution in [0.4, 0.5) is 10.1 Å². The number of benzene rings is 2. The van der Waals surface area contributed by atoms with Crippen LogP contribution in [0.2, 0.25) is 0 Å². The van der Waals surface area contributed by atoms with Crippen molar-refractivity contribution in [3.8, 4) is 0 Å². The number of aryl methyl sites for hydroxylation is 1. The van der Waals surface area contributed by atoms with Crippen LogP contribution in [-0.4, -0.2) is 5.78 Å². The van der Waals surface area contributed by atoms with Gasteiger partial charge in [-0.1, -0.05) is 29.8 Å². The highest BCUT2D eigenvalue weighted by Crippen LogP contribution is 2.16. The fourth-order valence-corrected chi connectivity index (χ4v) is 1.76. The second-order valence-electron chi connectivity index (χ2n) is 4.32. The molecule has 2 rings (SSSR count). The molecule has 0 aliphatic rings. The number of ketones is 1. The first kappa shape index (κ1) is 12.3. The Labute approximate surface area is 105 Å². The zero-order valence-electron chi connectivity index (χ0n) is 10.1. The molecule has 0 amide bonds. The van der Waals surface area contributed by atoms with Crippen molar-refractivity contribution >= 4 is 11.5 Å². The number of anilines is 1. The summed E-state index contributed by atoms with van der Waals surface area (Å²) in [5, 5.41) is 0. The van der Waals surface area contributed by atoms with Gasteiger partial charge >= 0.3 is 0 Å². The van der Waals surface area contributed by atoms with Crippen molar-refractivity contribution in [2.45, 2.75) is 13.3 Å². The molecule has 0 bridgehead atoms. The molecule has 0 unspecified atom stereocenters. The molecule has 0 saturated heterocycles. The predicted octanol–water partition coefficient (Wildman–Crippen LogP) is 3.14. The first-order valence-electron chi connectivity index (χ1n) is 5.70. The van der Waals surface area contributed by atoms with Gasteiger partial charge in [-0.25, -0.2) is 4.39 Å². The van der Waals surface area contributed by atoms with Gasteiger partial charge in [-0.15, -0.1) is 0 Å². The van der Waals surface area contributed by atoms with Gasteiger partial charge in [0.1, 0.15) is 5.82 Å². The normalized spacial score (nSPS) is 10.3. The molecule has 2 aromatic rings. The number of rotatable bonds is 3. The summed E-state index contributed by atoms with van der Waals surface area (Å²) >= 11 is 0. The summed E-state index contributed by atoms with van der Waals surface area (Å²) in [5.41, 5.74) is 8.27. The molecule has 0 fully saturated rings. The van der Waals surface area contributed by atoms with Gasteiger partial charge in [-0.05, 0) is 30.7 Å². The van der Waals surface area contributed by atoms with Crippen LogP contribution in [0.25, 0.3) is 0 Å². The van der Waals surface area contributed by atoms with E-state index < -0.39 is 5.82 Å². The minimum Gasteiger partial charge on any atom is -0.398 e. The molecule has 2 N–H and O–H groups in total. The van der Waals surface area contributed by atoms with Crippen molar-refractivity contribution in [2.75, 3.05) is 5.73 Å². The van der Waals surface area contributed by atoms with Crippen LogP contribution in [0.15, 0.2) is 42.5 Å². The second kappa shape index (κ2) is 5.00. The number of carbonyl (C=O) groups is 1. The molecule has 2 aromatic carbocycles. The van der Waals surface area contributed by atoms with Crippen molar-refractivity contribution in [2.24, 2.45) is 0 Å². The first-order chi connectivity index (χ1) is 8.56. The Morgan fingerprint density at radius 1 is 1.17 bits per heavy atom. The van der Waals surface area contributed by atoms with Gasteiger partial charge in [0.05, 0.1) is 0 Å². The third-order valence-corrected chi connectivity index (χ3v) is 2.80. The summed E-state index contributed by atoms with van der Waals surface area (Å²) in [6, 6.07) is 11.5. The lowest BCUT2D eigenvalue weighted by molar-refractivity contribution is 0.0993. The Balaban J connectivity index is 2.21. The molecular weight excluding hydrogens is 229 g/mol. The lowest BCUT2D eigenvalue weighted by Gasteiger charge is -2.05. The number of nitrogen functional groups attached to an aromatic ring is 1. The molecule has 0 aliphatic carbocycles. The molecule has 0 spiro atoms. The summed E-state index contributed by atoms with van der Waals surface area (Å²) in [6.45, 7) is 1.98.